The fraction of sp³-hybridized carbons (Fsp3) is 0.740. The average molecular weight is 957 g/mol. The van der Waals surface area contributed by atoms with Crippen LogP contribution in [0, 0.1) is 17.8 Å². The number of likely N-dealkylation sites (tertiary alicyclic amines) is 2. The van der Waals surface area contributed by atoms with Gasteiger partial charge in [-0.15, -0.1) is 0 Å². The van der Waals surface area contributed by atoms with Crippen LogP contribution in [0.1, 0.15) is 113 Å². The van der Waals surface area contributed by atoms with Gasteiger partial charge in [0, 0.05) is 47.1 Å². The maximum absolute atomic E-state index is 14.4. The summed E-state index contributed by atoms with van der Waals surface area (Å²) in [6, 6.07) is 3.56. The second kappa shape index (κ2) is 26.2. The third kappa shape index (κ3) is 16.1. The lowest BCUT2D eigenvalue weighted by molar-refractivity contribution is -0.149. The van der Waals surface area contributed by atoms with Crippen LogP contribution in [0.4, 0.5) is 10.5 Å². The monoisotopic (exact) mass is 957 g/mol. The summed E-state index contributed by atoms with van der Waals surface area (Å²) in [6.45, 7) is 19.6. The van der Waals surface area contributed by atoms with E-state index in [1.54, 1.807) is 77.9 Å². The van der Waals surface area contributed by atoms with Gasteiger partial charge in [-0.05, 0) is 110 Å². The van der Waals surface area contributed by atoms with Gasteiger partial charge in [-0.2, -0.15) is 0 Å². The van der Waals surface area contributed by atoms with Crippen molar-refractivity contribution in [1.29, 1.82) is 0 Å². The number of nitrogens with one attached hydrogen (secondary N) is 4. The molecule has 2 saturated heterocycles. The smallest absolute Gasteiger partial charge is 0.408 e. The van der Waals surface area contributed by atoms with Crippen LogP contribution in [0.25, 0.3) is 0 Å². The maximum Gasteiger partial charge on any atom is 0.408 e. The van der Waals surface area contributed by atoms with Gasteiger partial charge in [-0.3, -0.25) is 33.7 Å². The lowest BCUT2D eigenvalue weighted by atomic mass is 9.89. The Morgan fingerprint density at radius 3 is 2.06 bits per heavy atom. The molecule has 0 aromatic heterocycles. The first-order valence-electron chi connectivity index (χ1n) is 24.4. The lowest BCUT2D eigenvalue weighted by Crippen LogP contribution is -2.59. The highest BCUT2D eigenvalue weighted by Crippen LogP contribution is 2.30. The molecule has 384 valence electrons. The third-order valence-corrected chi connectivity index (χ3v) is 13.5. The van der Waals surface area contributed by atoms with Gasteiger partial charge < -0.3 is 50.2 Å². The first-order chi connectivity index (χ1) is 31.8. The molecule has 10 atom stereocenters. The largest absolute Gasteiger partial charge is 0.444 e. The molecule has 0 aliphatic carbocycles. The number of likely N-dealkylation sites (N-methyl/N-ethyl adjacent to an activating group) is 3. The van der Waals surface area contributed by atoms with Crippen LogP contribution in [0.15, 0.2) is 24.3 Å². The summed E-state index contributed by atoms with van der Waals surface area (Å²) in [5.74, 6) is -2.45. The van der Waals surface area contributed by atoms with Crippen LogP contribution in [0.3, 0.4) is 0 Å². The number of nitrogens with zero attached hydrogens (tertiary/aromatic N) is 4. The van der Waals surface area contributed by atoms with Gasteiger partial charge in [-0.1, -0.05) is 53.2 Å². The quantitative estimate of drug-likeness (QED) is 0.122. The molecule has 2 heterocycles. The second-order valence-corrected chi connectivity index (χ2v) is 20.3. The maximum atomic E-state index is 14.4. The Labute approximate surface area is 405 Å². The fourth-order valence-corrected chi connectivity index (χ4v) is 9.28. The van der Waals surface area contributed by atoms with Gasteiger partial charge in [-0.25, -0.2) is 4.79 Å². The van der Waals surface area contributed by atoms with Crippen LogP contribution in [0.2, 0.25) is 0 Å². The van der Waals surface area contributed by atoms with Crippen molar-refractivity contribution in [2.24, 2.45) is 17.8 Å². The van der Waals surface area contributed by atoms with Crippen LogP contribution in [-0.2, 0) is 49.4 Å². The molecule has 0 saturated carbocycles. The number of ether oxygens (including phenoxy) is 3. The van der Waals surface area contributed by atoms with E-state index in [1.165, 1.54) is 6.92 Å². The van der Waals surface area contributed by atoms with Gasteiger partial charge in [0.05, 0.1) is 42.7 Å². The van der Waals surface area contributed by atoms with E-state index in [2.05, 4.69) is 21.3 Å². The number of anilines is 1. The van der Waals surface area contributed by atoms with Crippen molar-refractivity contribution < 1.29 is 47.8 Å². The molecule has 1 aromatic carbocycles. The second-order valence-electron chi connectivity index (χ2n) is 20.3. The van der Waals surface area contributed by atoms with Crippen LogP contribution in [0.5, 0.6) is 0 Å². The van der Waals surface area contributed by atoms with E-state index in [-0.39, 0.29) is 54.0 Å². The molecule has 3 rings (SSSR count). The Kier molecular flexibility index (Phi) is 22.2. The summed E-state index contributed by atoms with van der Waals surface area (Å²) in [5, 5.41) is 10.9. The first kappa shape index (κ1) is 57.5. The molecule has 18 heteroatoms. The molecule has 68 heavy (non-hydrogen) atoms. The van der Waals surface area contributed by atoms with E-state index in [4.69, 9.17) is 14.2 Å². The van der Waals surface area contributed by atoms with Crippen LogP contribution in [-0.4, -0.2) is 170 Å². The van der Waals surface area contributed by atoms with Crippen LogP contribution >= 0.6 is 0 Å². The zero-order valence-corrected chi connectivity index (χ0v) is 43.6. The van der Waals surface area contributed by atoms with Gasteiger partial charge >= 0.3 is 6.09 Å². The Hall–Kier alpha value is -4.81. The van der Waals surface area contributed by atoms with Gasteiger partial charge in [0.25, 0.3) is 0 Å². The molecule has 0 bridgehead atoms. The Bertz CT molecular complexity index is 1870. The van der Waals surface area contributed by atoms with Crippen molar-refractivity contribution in [3.63, 3.8) is 0 Å². The molecule has 4 N–H and O–H groups in total. The number of carbonyl (C=O) groups is 7. The van der Waals surface area contributed by atoms with Crippen molar-refractivity contribution >= 4 is 47.2 Å². The summed E-state index contributed by atoms with van der Waals surface area (Å²) in [5.41, 5.74) is 0.656. The van der Waals surface area contributed by atoms with E-state index >= 15 is 0 Å². The van der Waals surface area contributed by atoms with E-state index in [0.29, 0.717) is 31.6 Å². The number of hydrogen-bond acceptors (Lipinski definition) is 11. The number of carbonyl (C=O) groups excluding carboxylic acids is 7. The van der Waals surface area contributed by atoms with Gasteiger partial charge in [0.2, 0.25) is 35.4 Å². The predicted octanol–water partition coefficient (Wildman–Crippen LogP) is 4.20. The van der Waals surface area contributed by atoms with E-state index in [9.17, 15) is 33.6 Å². The summed E-state index contributed by atoms with van der Waals surface area (Å²) >= 11 is 0. The number of methoxy groups -OCH3 is 2. The number of amides is 7. The number of hydrogen-bond donors (Lipinski definition) is 4. The molecule has 7 amide bonds. The lowest BCUT2D eigenvalue weighted by Gasteiger charge is -2.41. The van der Waals surface area contributed by atoms with E-state index in [0.717, 1.165) is 37.8 Å². The number of benzene rings is 1. The Balaban J connectivity index is 1.63. The molecule has 2 aliphatic rings. The minimum Gasteiger partial charge on any atom is -0.444 e. The van der Waals surface area contributed by atoms with Crippen molar-refractivity contribution in [3.05, 3.63) is 29.8 Å². The molecule has 2 fully saturated rings. The Morgan fingerprint density at radius 1 is 0.838 bits per heavy atom. The highest BCUT2D eigenvalue weighted by molar-refractivity contribution is 5.98. The van der Waals surface area contributed by atoms with Gasteiger partial charge in [0.15, 0.2) is 0 Å². The first-order valence-corrected chi connectivity index (χ1v) is 24.4. The molecular weight excluding hydrogens is 873 g/mol. The number of alkyl carbamates (subject to hydrolysis) is 1. The predicted molar refractivity (Wildman–Crippen MR) is 261 cm³/mol. The van der Waals surface area contributed by atoms with Gasteiger partial charge in [0.1, 0.15) is 23.7 Å². The standard InChI is InChI=1S/C50H84N8O10/c1-16-31(4)42(57(13)48(64)41(30(2)3)54-46(62)38-23-18-25-55(38)11)39(66-14)29-40(59)58-26-19-22-37(58)43(67-15)32(5)47(63)56(12)27-24-35-20-17-21-36(28-35)53-45(61)33(6)51-44(60)34(7)52-49(65)68-50(8,9)10/h17,20-21,28,30-34,37-39,41-43H,16,18-19,22-27,29H2,1-15H3,(H,51,60)(H,52,65)(H,53,61)(H,54,62)/t31-,32+,33-,34-,37?,38-,39+,41-,42-,43+/m0/s1. The third-order valence-electron chi connectivity index (χ3n) is 13.5. The molecular formula is C50H84N8O10. The molecule has 1 aromatic rings. The van der Waals surface area contributed by atoms with E-state index in [1.807, 2.05) is 63.6 Å². The van der Waals surface area contributed by atoms with Crippen LogP contribution < -0.4 is 21.3 Å². The van der Waals surface area contributed by atoms with Crippen molar-refractivity contribution in [1.82, 2.24) is 35.6 Å². The van der Waals surface area contributed by atoms with Crippen molar-refractivity contribution in [2.45, 2.75) is 168 Å². The zero-order valence-electron chi connectivity index (χ0n) is 43.6. The summed E-state index contributed by atoms with van der Waals surface area (Å²) in [4.78, 5) is 101. The highest BCUT2D eigenvalue weighted by atomic mass is 16.6. The molecule has 1 unspecified atom stereocenters. The normalized spacial score (nSPS) is 20.0. The minimum absolute atomic E-state index is 0.0173. The zero-order chi connectivity index (χ0) is 51.2. The average Bonchev–Trinajstić information content (AvgIpc) is 3.95. The highest BCUT2D eigenvalue weighted by Gasteiger charge is 2.43. The van der Waals surface area contributed by atoms with Crippen molar-refractivity contribution in [2.75, 3.05) is 60.3 Å². The molecule has 0 spiro atoms. The summed E-state index contributed by atoms with van der Waals surface area (Å²) < 4.78 is 17.3. The van der Waals surface area contributed by atoms with Crippen molar-refractivity contribution in [3.8, 4) is 0 Å². The summed E-state index contributed by atoms with van der Waals surface area (Å²) in [7, 11) is 8.52. The van der Waals surface area contributed by atoms with E-state index < -0.39 is 65.8 Å². The molecule has 0 radical (unpaired) electrons. The topological polar surface area (TPSA) is 208 Å². The fourth-order valence-electron chi connectivity index (χ4n) is 9.28. The number of rotatable bonds is 23. The summed E-state index contributed by atoms with van der Waals surface area (Å²) in [6.07, 6.45) is 2.35. The SMILES string of the molecule is CC[C@H](C)[C@@H]([C@@H](CC(=O)N1CCCC1[C@H](OC)[C@@H](C)C(=O)N(C)CCc1cccc(NC(=O)[C@H](C)NC(=O)[C@H](C)NC(=O)OC(C)(C)C)c1)OC)N(C)C(=O)[C@@H](NC(=O)[C@@H]1CCCN1C)C(C)C. The molecule has 18 nitrogen and oxygen atoms in total. The Morgan fingerprint density at radius 2 is 1.49 bits per heavy atom. The molecule has 2 aliphatic heterocycles. The minimum atomic E-state index is -0.937.